The molecule has 1 unspecified atom stereocenters. The predicted molar refractivity (Wildman–Crippen MR) is 126 cm³/mol. The third-order valence-corrected chi connectivity index (χ3v) is 6.84. The second-order valence-corrected chi connectivity index (χ2v) is 8.73. The van der Waals surface area contributed by atoms with E-state index < -0.39 is 0 Å². The smallest absolute Gasteiger partial charge is 0.119 e. The van der Waals surface area contributed by atoms with Crippen molar-refractivity contribution < 1.29 is 4.74 Å². The molecule has 0 bridgehead atoms. The Morgan fingerprint density at radius 3 is 2.50 bits per heavy atom. The number of piperazine rings is 1. The van der Waals surface area contributed by atoms with E-state index in [4.69, 9.17) is 4.74 Å². The standard InChI is InChI=1S/C26H37N3O/c1-3-13-28(25-11-9-22-10-12-26(30-2)21-23(22)20-25)17-14-27-15-18-29(19-16-27)24-7-5-4-6-8-24/h4-8,10,12,21,25H,3,9,11,13-20H2,1-2H3. The lowest BCUT2D eigenvalue weighted by Crippen LogP contribution is -2.50. The molecule has 0 radical (unpaired) electrons. The molecule has 1 heterocycles. The summed E-state index contributed by atoms with van der Waals surface area (Å²) in [4.78, 5) is 7.93. The highest BCUT2D eigenvalue weighted by atomic mass is 16.5. The summed E-state index contributed by atoms with van der Waals surface area (Å²) in [6.07, 6.45) is 4.86. The topological polar surface area (TPSA) is 19.0 Å². The summed E-state index contributed by atoms with van der Waals surface area (Å²) in [5.74, 6) is 0.993. The van der Waals surface area contributed by atoms with Gasteiger partial charge < -0.3 is 9.64 Å². The summed E-state index contributed by atoms with van der Waals surface area (Å²) in [6, 6.07) is 18.1. The maximum Gasteiger partial charge on any atom is 0.119 e. The van der Waals surface area contributed by atoms with E-state index in [0.717, 1.165) is 25.3 Å². The zero-order chi connectivity index (χ0) is 20.8. The fraction of sp³-hybridized carbons (Fsp3) is 0.538. The fourth-order valence-corrected chi connectivity index (χ4v) is 5.06. The van der Waals surface area contributed by atoms with Crippen LogP contribution < -0.4 is 9.64 Å². The summed E-state index contributed by atoms with van der Waals surface area (Å²) >= 11 is 0. The van der Waals surface area contributed by atoms with Crippen molar-refractivity contribution in [1.82, 2.24) is 9.80 Å². The van der Waals surface area contributed by atoms with Gasteiger partial charge in [-0.25, -0.2) is 0 Å². The molecule has 30 heavy (non-hydrogen) atoms. The van der Waals surface area contributed by atoms with Crippen molar-refractivity contribution in [1.29, 1.82) is 0 Å². The Kier molecular flexibility index (Phi) is 7.29. The third kappa shape index (κ3) is 5.16. The van der Waals surface area contributed by atoms with Crippen molar-refractivity contribution >= 4 is 5.69 Å². The molecule has 1 aliphatic heterocycles. The molecule has 0 saturated carbocycles. The lowest BCUT2D eigenvalue weighted by Gasteiger charge is -2.39. The van der Waals surface area contributed by atoms with Crippen molar-refractivity contribution in [3.8, 4) is 5.75 Å². The number of nitrogens with zero attached hydrogens (tertiary/aromatic N) is 3. The van der Waals surface area contributed by atoms with Crippen LogP contribution in [0.3, 0.4) is 0 Å². The Morgan fingerprint density at radius 1 is 0.967 bits per heavy atom. The van der Waals surface area contributed by atoms with Crippen LogP contribution in [0, 0.1) is 0 Å². The van der Waals surface area contributed by atoms with E-state index in [-0.39, 0.29) is 0 Å². The van der Waals surface area contributed by atoms with Crippen molar-refractivity contribution in [2.75, 3.05) is 57.8 Å². The van der Waals surface area contributed by atoms with Crippen LogP contribution in [-0.4, -0.2) is 68.8 Å². The first-order valence-corrected chi connectivity index (χ1v) is 11.7. The van der Waals surface area contributed by atoms with E-state index in [0.29, 0.717) is 6.04 Å². The Labute approximate surface area is 182 Å². The normalized spacial score (nSPS) is 19.7. The van der Waals surface area contributed by atoms with Crippen LogP contribution in [0.25, 0.3) is 0 Å². The van der Waals surface area contributed by atoms with Crippen molar-refractivity contribution in [3.63, 3.8) is 0 Å². The quantitative estimate of drug-likeness (QED) is 0.656. The summed E-state index contributed by atoms with van der Waals surface area (Å²) in [5.41, 5.74) is 4.37. The first-order valence-electron chi connectivity index (χ1n) is 11.7. The van der Waals surface area contributed by atoms with Gasteiger partial charge in [-0.2, -0.15) is 0 Å². The Bertz CT molecular complexity index is 786. The number of methoxy groups -OCH3 is 1. The van der Waals surface area contributed by atoms with E-state index in [1.54, 1.807) is 7.11 Å². The average molecular weight is 408 g/mol. The summed E-state index contributed by atoms with van der Waals surface area (Å²) < 4.78 is 5.47. The molecule has 4 heteroatoms. The molecule has 0 amide bonds. The van der Waals surface area contributed by atoms with Crippen LogP contribution >= 0.6 is 0 Å². The van der Waals surface area contributed by atoms with E-state index in [2.05, 4.69) is 70.2 Å². The van der Waals surface area contributed by atoms with Crippen LogP contribution in [0.2, 0.25) is 0 Å². The highest BCUT2D eigenvalue weighted by Crippen LogP contribution is 2.28. The van der Waals surface area contributed by atoms with Gasteiger partial charge in [0.2, 0.25) is 0 Å². The van der Waals surface area contributed by atoms with Crippen LogP contribution in [-0.2, 0) is 12.8 Å². The van der Waals surface area contributed by atoms with Gasteiger partial charge in [0.15, 0.2) is 0 Å². The number of hydrogen-bond acceptors (Lipinski definition) is 4. The predicted octanol–water partition coefficient (Wildman–Crippen LogP) is 4.09. The van der Waals surface area contributed by atoms with Gasteiger partial charge in [0.05, 0.1) is 7.11 Å². The Morgan fingerprint density at radius 2 is 1.77 bits per heavy atom. The van der Waals surface area contributed by atoms with Gasteiger partial charge >= 0.3 is 0 Å². The maximum atomic E-state index is 5.47. The van der Waals surface area contributed by atoms with Gasteiger partial charge in [-0.3, -0.25) is 9.80 Å². The molecule has 4 nitrogen and oxygen atoms in total. The molecule has 1 saturated heterocycles. The first kappa shape index (κ1) is 21.2. The molecule has 0 N–H and O–H groups in total. The van der Waals surface area contributed by atoms with E-state index >= 15 is 0 Å². The summed E-state index contributed by atoms with van der Waals surface area (Å²) in [6.45, 7) is 10.5. The van der Waals surface area contributed by atoms with Crippen LogP contribution in [0.15, 0.2) is 48.5 Å². The van der Waals surface area contributed by atoms with Gasteiger partial charge in [-0.05, 0) is 67.6 Å². The second-order valence-electron chi connectivity index (χ2n) is 8.73. The molecular formula is C26H37N3O. The molecule has 2 aromatic carbocycles. The lowest BCUT2D eigenvalue weighted by atomic mass is 9.87. The molecule has 1 aliphatic carbocycles. The molecule has 162 valence electrons. The minimum Gasteiger partial charge on any atom is -0.497 e. The number of anilines is 1. The van der Waals surface area contributed by atoms with Crippen LogP contribution in [0.5, 0.6) is 5.75 Å². The first-order chi connectivity index (χ1) is 14.8. The Hall–Kier alpha value is -2.04. The maximum absolute atomic E-state index is 5.47. The zero-order valence-corrected chi connectivity index (χ0v) is 18.7. The molecule has 0 aromatic heterocycles. The number of benzene rings is 2. The number of fused-ring (bicyclic) bond motifs is 1. The summed E-state index contributed by atoms with van der Waals surface area (Å²) in [7, 11) is 1.77. The number of rotatable bonds is 8. The highest BCUT2D eigenvalue weighted by molar-refractivity contribution is 5.46. The molecule has 1 fully saturated rings. The Balaban J connectivity index is 1.30. The van der Waals surface area contributed by atoms with Crippen molar-refractivity contribution in [2.45, 2.75) is 38.6 Å². The van der Waals surface area contributed by atoms with Crippen LogP contribution in [0.4, 0.5) is 5.69 Å². The second kappa shape index (κ2) is 10.3. The lowest BCUT2D eigenvalue weighted by molar-refractivity contribution is 0.145. The minimum absolute atomic E-state index is 0.662. The van der Waals surface area contributed by atoms with Crippen molar-refractivity contribution in [3.05, 3.63) is 59.7 Å². The minimum atomic E-state index is 0.662. The van der Waals surface area contributed by atoms with Gasteiger partial charge in [-0.15, -0.1) is 0 Å². The zero-order valence-electron chi connectivity index (χ0n) is 18.7. The van der Waals surface area contributed by atoms with Gasteiger partial charge in [0.1, 0.15) is 5.75 Å². The number of para-hydroxylation sites is 1. The molecule has 1 atom stereocenters. The monoisotopic (exact) mass is 407 g/mol. The number of ether oxygens (including phenoxy) is 1. The number of aryl methyl sites for hydroxylation is 1. The number of hydrogen-bond donors (Lipinski definition) is 0. The molecule has 2 aromatic rings. The fourth-order valence-electron chi connectivity index (χ4n) is 5.06. The highest BCUT2D eigenvalue weighted by Gasteiger charge is 2.25. The average Bonchev–Trinajstić information content (AvgIpc) is 2.82. The van der Waals surface area contributed by atoms with E-state index in [1.807, 2.05) is 0 Å². The third-order valence-electron chi connectivity index (χ3n) is 6.84. The van der Waals surface area contributed by atoms with Gasteiger partial charge in [0, 0.05) is 51.0 Å². The van der Waals surface area contributed by atoms with Crippen molar-refractivity contribution in [2.24, 2.45) is 0 Å². The van der Waals surface area contributed by atoms with E-state index in [9.17, 15) is 0 Å². The largest absolute Gasteiger partial charge is 0.497 e. The summed E-state index contributed by atoms with van der Waals surface area (Å²) in [5, 5.41) is 0. The molecule has 0 spiro atoms. The molecular weight excluding hydrogens is 370 g/mol. The van der Waals surface area contributed by atoms with E-state index in [1.165, 1.54) is 68.8 Å². The molecule has 2 aliphatic rings. The van der Waals surface area contributed by atoms with Gasteiger partial charge in [0.25, 0.3) is 0 Å². The van der Waals surface area contributed by atoms with Crippen LogP contribution in [0.1, 0.15) is 30.9 Å². The SMILES string of the molecule is CCCN(CCN1CCN(c2ccccc2)CC1)C1CCc2ccc(OC)cc2C1. The molecule has 4 rings (SSSR count). The van der Waals surface area contributed by atoms with Gasteiger partial charge in [-0.1, -0.05) is 31.2 Å².